The maximum Gasteiger partial charge on any atom is 0.262 e. The summed E-state index contributed by atoms with van der Waals surface area (Å²) in [6.45, 7) is 0.401. The number of hydrogen-bond acceptors (Lipinski definition) is 3. The Morgan fingerprint density at radius 1 is 1.47 bits per heavy atom. The second kappa shape index (κ2) is 4.73. The van der Waals surface area contributed by atoms with E-state index in [0.717, 1.165) is 0 Å². The van der Waals surface area contributed by atoms with Crippen molar-refractivity contribution in [2.24, 2.45) is 13.0 Å². The quantitative estimate of drug-likeness (QED) is 0.808. The van der Waals surface area contributed by atoms with Gasteiger partial charge < -0.3 is 4.57 Å². The van der Waals surface area contributed by atoms with Crippen molar-refractivity contribution in [3.05, 3.63) is 12.5 Å². The van der Waals surface area contributed by atoms with Crippen molar-refractivity contribution in [1.82, 2.24) is 13.9 Å². The van der Waals surface area contributed by atoms with Crippen LogP contribution in [-0.2, 0) is 17.1 Å². The average Bonchev–Trinajstić information content (AvgIpc) is 2.77. The number of hydrogen-bond donors (Lipinski definition) is 0. The summed E-state index contributed by atoms with van der Waals surface area (Å²) in [5.74, 6) is 0.00480. The normalized spacial score (nSPS) is 19.6. The molecule has 0 aromatic carbocycles. The first-order valence-electron chi connectivity index (χ1n) is 5.58. The number of nitrogens with zero attached hydrogens (tertiary/aromatic N) is 3. The summed E-state index contributed by atoms with van der Waals surface area (Å²) in [7, 11) is -1.77. The molecule has 5 nitrogen and oxygen atoms in total. The van der Waals surface area contributed by atoms with E-state index in [-0.39, 0.29) is 17.6 Å². The van der Waals surface area contributed by atoms with E-state index in [0.29, 0.717) is 25.9 Å². The minimum Gasteiger partial charge on any atom is -0.339 e. The minimum atomic E-state index is -3.49. The highest BCUT2D eigenvalue weighted by molar-refractivity contribution is 7.89. The third-order valence-corrected chi connectivity index (χ3v) is 4.86. The molecule has 17 heavy (non-hydrogen) atoms. The molecule has 0 N–H and O–H groups in total. The van der Waals surface area contributed by atoms with Gasteiger partial charge in [0.25, 0.3) is 10.0 Å². The first-order chi connectivity index (χ1) is 8.04. The lowest BCUT2D eigenvalue weighted by Crippen LogP contribution is -2.39. The zero-order chi connectivity index (χ0) is 12.5. The number of aryl methyl sites for hydroxylation is 1. The van der Waals surface area contributed by atoms with Gasteiger partial charge in [0.1, 0.15) is 0 Å². The maximum atomic E-state index is 12.4. The van der Waals surface area contributed by atoms with Crippen LogP contribution in [0.1, 0.15) is 12.8 Å². The van der Waals surface area contributed by atoms with Crippen LogP contribution in [-0.4, -0.2) is 42.0 Å². The minimum absolute atomic E-state index is 0.00480. The second-order valence-electron chi connectivity index (χ2n) is 4.38. The Hall–Kier alpha value is -0.950. The largest absolute Gasteiger partial charge is 0.339 e. The Bertz CT molecular complexity index is 477. The van der Waals surface area contributed by atoms with E-state index in [1.807, 2.05) is 0 Å². The standard InChI is InChI=1S/C10H16FN3O2S/c1-13-7-10(12-8-13)17(15,16)14-4-2-9(6-11)3-5-14/h7-9H,2-6H2,1H3. The summed E-state index contributed by atoms with van der Waals surface area (Å²) in [5, 5.41) is 0.0682. The van der Waals surface area contributed by atoms with E-state index in [1.165, 1.54) is 16.8 Å². The van der Waals surface area contributed by atoms with Crippen LogP contribution in [0, 0.1) is 5.92 Å². The number of rotatable bonds is 3. The summed E-state index contributed by atoms with van der Waals surface area (Å²) in [4.78, 5) is 3.86. The molecule has 0 saturated carbocycles. The summed E-state index contributed by atoms with van der Waals surface area (Å²) in [5.41, 5.74) is 0. The van der Waals surface area contributed by atoms with E-state index in [1.54, 1.807) is 11.6 Å². The fourth-order valence-corrected chi connectivity index (χ4v) is 3.39. The Kier molecular flexibility index (Phi) is 3.48. The number of sulfonamides is 1. The molecule has 0 unspecified atom stereocenters. The number of alkyl halides is 1. The van der Waals surface area contributed by atoms with Gasteiger partial charge in [0.15, 0.2) is 5.03 Å². The summed E-state index contributed by atoms with van der Waals surface area (Å²) in [6.07, 6.45) is 4.11. The monoisotopic (exact) mass is 261 g/mol. The summed E-state index contributed by atoms with van der Waals surface area (Å²) < 4.78 is 39.7. The lowest BCUT2D eigenvalue weighted by Gasteiger charge is -2.29. The molecule has 96 valence electrons. The van der Waals surface area contributed by atoms with Crippen molar-refractivity contribution in [3.8, 4) is 0 Å². The highest BCUT2D eigenvalue weighted by Gasteiger charge is 2.30. The van der Waals surface area contributed by atoms with Crippen LogP contribution in [0.25, 0.3) is 0 Å². The average molecular weight is 261 g/mol. The van der Waals surface area contributed by atoms with Crippen molar-refractivity contribution < 1.29 is 12.8 Å². The molecule has 0 spiro atoms. The predicted octanol–water partition coefficient (Wildman–Crippen LogP) is 0.790. The molecule has 1 aliphatic heterocycles. The molecule has 1 aromatic heterocycles. The third kappa shape index (κ3) is 2.50. The number of aromatic nitrogens is 2. The molecule has 0 aliphatic carbocycles. The third-order valence-electron chi connectivity index (χ3n) is 3.08. The van der Waals surface area contributed by atoms with Crippen LogP contribution < -0.4 is 0 Å². The van der Waals surface area contributed by atoms with Crippen LogP contribution in [0.2, 0.25) is 0 Å². The molecule has 1 fully saturated rings. The molecule has 7 heteroatoms. The molecule has 0 amide bonds. The van der Waals surface area contributed by atoms with Crippen molar-refractivity contribution in [2.45, 2.75) is 17.9 Å². The number of piperidine rings is 1. The van der Waals surface area contributed by atoms with Crippen molar-refractivity contribution in [3.63, 3.8) is 0 Å². The zero-order valence-electron chi connectivity index (χ0n) is 9.71. The van der Waals surface area contributed by atoms with E-state index < -0.39 is 10.0 Å². The molecule has 1 aliphatic rings. The van der Waals surface area contributed by atoms with Crippen LogP contribution in [0.3, 0.4) is 0 Å². The Morgan fingerprint density at radius 3 is 2.59 bits per heavy atom. The molecule has 0 radical (unpaired) electrons. The fraction of sp³-hybridized carbons (Fsp3) is 0.700. The molecule has 2 rings (SSSR count). The van der Waals surface area contributed by atoms with Crippen LogP contribution in [0.4, 0.5) is 4.39 Å². The van der Waals surface area contributed by atoms with Gasteiger partial charge >= 0.3 is 0 Å². The molecule has 1 saturated heterocycles. The Morgan fingerprint density at radius 2 is 2.12 bits per heavy atom. The van der Waals surface area contributed by atoms with Gasteiger partial charge in [-0.05, 0) is 18.8 Å². The molecular weight excluding hydrogens is 245 g/mol. The summed E-state index contributed by atoms with van der Waals surface area (Å²) >= 11 is 0. The Labute approximate surface area is 100 Å². The van der Waals surface area contributed by atoms with Gasteiger partial charge in [-0.25, -0.2) is 13.4 Å². The van der Waals surface area contributed by atoms with Gasteiger partial charge in [-0.3, -0.25) is 4.39 Å². The zero-order valence-corrected chi connectivity index (χ0v) is 10.5. The van der Waals surface area contributed by atoms with Gasteiger partial charge in [0.05, 0.1) is 13.0 Å². The molecule has 0 bridgehead atoms. The lowest BCUT2D eigenvalue weighted by molar-refractivity contribution is 0.233. The Balaban J connectivity index is 2.12. The molecular formula is C10H16FN3O2S. The highest BCUT2D eigenvalue weighted by Crippen LogP contribution is 2.22. The van der Waals surface area contributed by atoms with Gasteiger partial charge in [-0.2, -0.15) is 4.31 Å². The first-order valence-corrected chi connectivity index (χ1v) is 7.02. The van der Waals surface area contributed by atoms with E-state index in [4.69, 9.17) is 0 Å². The van der Waals surface area contributed by atoms with Crippen LogP contribution >= 0.6 is 0 Å². The van der Waals surface area contributed by atoms with E-state index >= 15 is 0 Å². The molecule has 0 atom stereocenters. The van der Waals surface area contributed by atoms with E-state index in [2.05, 4.69) is 4.98 Å². The molecule has 1 aromatic rings. The van der Waals surface area contributed by atoms with Gasteiger partial charge in [0.2, 0.25) is 0 Å². The maximum absolute atomic E-state index is 12.4. The van der Waals surface area contributed by atoms with Crippen molar-refractivity contribution in [1.29, 1.82) is 0 Å². The number of halogens is 1. The van der Waals surface area contributed by atoms with Gasteiger partial charge in [-0.15, -0.1) is 0 Å². The van der Waals surface area contributed by atoms with Crippen LogP contribution in [0.15, 0.2) is 17.6 Å². The highest BCUT2D eigenvalue weighted by atomic mass is 32.2. The topological polar surface area (TPSA) is 55.2 Å². The smallest absolute Gasteiger partial charge is 0.262 e. The fourth-order valence-electron chi connectivity index (χ4n) is 1.96. The van der Waals surface area contributed by atoms with Gasteiger partial charge in [0, 0.05) is 26.3 Å². The van der Waals surface area contributed by atoms with Crippen molar-refractivity contribution in [2.75, 3.05) is 19.8 Å². The lowest BCUT2D eigenvalue weighted by atomic mass is 10.0. The van der Waals surface area contributed by atoms with Crippen molar-refractivity contribution >= 4 is 10.0 Å². The molecule has 2 heterocycles. The first kappa shape index (κ1) is 12.5. The SMILES string of the molecule is Cn1cnc(S(=O)(=O)N2CCC(CF)CC2)c1. The number of imidazole rings is 1. The van der Waals surface area contributed by atoms with Crippen LogP contribution in [0.5, 0.6) is 0 Å². The second-order valence-corrected chi connectivity index (χ2v) is 6.26. The van der Waals surface area contributed by atoms with E-state index in [9.17, 15) is 12.8 Å². The predicted molar refractivity (Wildman–Crippen MR) is 60.7 cm³/mol. The summed E-state index contributed by atoms with van der Waals surface area (Å²) in [6, 6.07) is 0. The van der Waals surface area contributed by atoms with Gasteiger partial charge in [-0.1, -0.05) is 0 Å².